The highest BCUT2D eigenvalue weighted by Crippen LogP contribution is 2.20. The number of nitrogens with zero attached hydrogens (tertiary/aromatic N) is 4. The molecule has 0 fully saturated rings. The first kappa shape index (κ1) is 16.3. The maximum Gasteiger partial charge on any atom is 0.138 e. The molecule has 0 atom stereocenters. The second-order valence-electron chi connectivity index (χ2n) is 5.65. The van der Waals surface area contributed by atoms with Gasteiger partial charge >= 0.3 is 0 Å². The van der Waals surface area contributed by atoms with Crippen LogP contribution in [0.15, 0.2) is 85.7 Å². The summed E-state index contributed by atoms with van der Waals surface area (Å²) in [5.74, 6) is -0.217. The molecule has 0 N–H and O–H groups in total. The van der Waals surface area contributed by atoms with Gasteiger partial charge in [-0.1, -0.05) is 23.7 Å². The van der Waals surface area contributed by atoms with E-state index in [4.69, 9.17) is 11.6 Å². The Bertz CT molecular complexity index is 1160. The van der Waals surface area contributed by atoms with E-state index < -0.39 is 0 Å². The lowest BCUT2D eigenvalue weighted by Gasteiger charge is -2.02. The largest absolute Gasteiger partial charge is 0.307 e. The number of pyridine rings is 2. The number of benzene rings is 1. The van der Waals surface area contributed by atoms with Crippen molar-refractivity contribution in [3.63, 3.8) is 0 Å². The van der Waals surface area contributed by atoms with Crippen LogP contribution in [0.25, 0.3) is 22.4 Å². The summed E-state index contributed by atoms with van der Waals surface area (Å²) in [5.41, 5.74) is 3.81. The fraction of sp³-hybridized carbons (Fsp3) is 0. The molecule has 1 aromatic carbocycles. The first-order chi connectivity index (χ1) is 12.7. The molecule has 0 bridgehead atoms. The summed E-state index contributed by atoms with van der Waals surface area (Å²) in [4.78, 5) is 8.27. The van der Waals surface area contributed by atoms with E-state index in [9.17, 15) is 4.39 Å². The van der Waals surface area contributed by atoms with Crippen molar-refractivity contribution in [2.24, 2.45) is 0 Å². The summed E-state index contributed by atoms with van der Waals surface area (Å²) < 4.78 is 16.6. The Labute approximate surface area is 154 Å². The molecule has 0 saturated carbocycles. The molecule has 128 valence electrons. The quantitative estimate of drug-likeness (QED) is 0.413. The number of hydrogen-bond acceptors (Lipinski definition) is 2. The Balaban J connectivity index is 0.000000144. The van der Waals surface area contributed by atoms with Gasteiger partial charge in [-0.25, -0.2) is 14.4 Å². The molecule has 0 saturated heterocycles. The molecule has 4 nitrogen and oxygen atoms in total. The van der Waals surface area contributed by atoms with Crippen molar-refractivity contribution in [1.82, 2.24) is 18.8 Å². The molecule has 0 aliphatic carbocycles. The molecule has 0 unspecified atom stereocenters. The Morgan fingerprint density at radius 1 is 0.692 bits per heavy atom. The van der Waals surface area contributed by atoms with Crippen LogP contribution in [0.4, 0.5) is 4.39 Å². The van der Waals surface area contributed by atoms with E-state index in [1.165, 1.54) is 12.1 Å². The average molecular weight is 365 g/mol. The molecule has 5 aromatic rings. The standard InChI is InChI=1S/C13H9FN2.C7H5ClN2/c14-12-3-1-10(2-4-12)11-5-7-16-8-6-15-13(16)9-11;8-6-1-3-10-4-2-9-7(10)5-6/h1-9H;1-5H. The zero-order valence-electron chi connectivity index (χ0n) is 13.6. The van der Waals surface area contributed by atoms with Gasteiger partial charge in [0.15, 0.2) is 0 Å². The van der Waals surface area contributed by atoms with Crippen molar-refractivity contribution in [3.8, 4) is 11.1 Å². The summed E-state index contributed by atoms with van der Waals surface area (Å²) in [6.45, 7) is 0. The molecular weight excluding hydrogens is 351 g/mol. The molecule has 6 heteroatoms. The van der Waals surface area contributed by atoms with Crippen LogP contribution in [0.5, 0.6) is 0 Å². The smallest absolute Gasteiger partial charge is 0.138 e. The lowest BCUT2D eigenvalue weighted by atomic mass is 10.1. The molecule has 4 aromatic heterocycles. The van der Waals surface area contributed by atoms with Gasteiger partial charge in [-0.05, 0) is 47.5 Å². The van der Waals surface area contributed by atoms with Gasteiger partial charge in [0.1, 0.15) is 17.1 Å². The van der Waals surface area contributed by atoms with Crippen LogP contribution in [-0.2, 0) is 0 Å². The zero-order valence-corrected chi connectivity index (χ0v) is 14.4. The minimum Gasteiger partial charge on any atom is -0.307 e. The zero-order chi connectivity index (χ0) is 17.9. The van der Waals surface area contributed by atoms with Crippen molar-refractivity contribution < 1.29 is 4.39 Å². The number of aromatic nitrogens is 4. The molecule has 5 rings (SSSR count). The fourth-order valence-electron chi connectivity index (χ4n) is 2.62. The van der Waals surface area contributed by atoms with Crippen molar-refractivity contribution in [1.29, 1.82) is 0 Å². The summed E-state index contributed by atoms with van der Waals surface area (Å²) in [6, 6.07) is 14.1. The Morgan fingerprint density at radius 2 is 1.31 bits per heavy atom. The van der Waals surface area contributed by atoms with Gasteiger partial charge in [0.25, 0.3) is 0 Å². The highest BCUT2D eigenvalue weighted by molar-refractivity contribution is 6.30. The Morgan fingerprint density at radius 3 is 2.00 bits per heavy atom. The summed E-state index contributed by atoms with van der Waals surface area (Å²) >= 11 is 5.72. The van der Waals surface area contributed by atoms with E-state index in [1.807, 2.05) is 57.9 Å². The molecule has 0 aliphatic rings. The maximum atomic E-state index is 12.8. The van der Waals surface area contributed by atoms with Crippen LogP contribution in [0, 0.1) is 5.82 Å². The minimum atomic E-state index is -0.217. The number of imidazole rings is 2. The van der Waals surface area contributed by atoms with Gasteiger partial charge in [0.2, 0.25) is 0 Å². The number of rotatable bonds is 1. The highest BCUT2D eigenvalue weighted by Gasteiger charge is 2.00. The molecule has 4 heterocycles. The summed E-state index contributed by atoms with van der Waals surface area (Å²) in [6.07, 6.45) is 11.1. The first-order valence-corrected chi connectivity index (χ1v) is 8.34. The van der Waals surface area contributed by atoms with Crippen molar-refractivity contribution in [3.05, 3.63) is 96.6 Å². The van der Waals surface area contributed by atoms with E-state index >= 15 is 0 Å². The number of fused-ring (bicyclic) bond motifs is 2. The Kier molecular flexibility index (Phi) is 4.37. The van der Waals surface area contributed by atoms with Crippen molar-refractivity contribution in [2.75, 3.05) is 0 Å². The lowest BCUT2D eigenvalue weighted by Crippen LogP contribution is -1.84. The highest BCUT2D eigenvalue weighted by atomic mass is 35.5. The Hall–Kier alpha value is -3.18. The summed E-state index contributed by atoms with van der Waals surface area (Å²) in [7, 11) is 0. The molecule has 0 radical (unpaired) electrons. The van der Waals surface area contributed by atoms with Gasteiger partial charge in [-0.15, -0.1) is 0 Å². The minimum absolute atomic E-state index is 0.217. The van der Waals surface area contributed by atoms with Crippen LogP contribution in [0.3, 0.4) is 0 Å². The third kappa shape index (κ3) is 3.43. The monoisotopic (exact) mass is 364 g/mol. The predicted molar refractivity (Wildman–Crippen MR) is 101 cm³/mol. The molecular formula is C20H14ClFN4. The first-order valence-electron chi connectivity index (χ1n) is 7.96. The van der Waals surface area contributed by atoms with Crippen LogP contribution >= 0.6 is 11.6 Å². The van der Waals surface area contributed by atoms with Crippen molar-refractivity contribution >= 4 is 22.9 Å². The van der Waals surface area contributed by atoms with E-state index in [0.29, 0.717) is 0 Å². The van der Waals surface area contributed by atoms with Crippen LogP contribution in [0.1, 0.15) is 0 Å². The number of hydrogen-bond donors (Lipinski definition) is 0. The van der Waals surface area contributed by atoms with Gasteiger partial charge < -0.3 is 8.80 Å². The normalized spacial score (nSPS) is 10.7. The lowest BCUT2D eigenvalue weighted by molar-refractivity contribution is 0.628. The molecule has 26 heavy (non-hydrogen) atoms. The topological polar surface area (TPSA) is 34.6 Å². The van der Waals surface area contributed by atoms with Gasteiger partial charge in [0, 0.05) is 42.2 Å². The van der Waals surface area contributed by atoms with Crippen LogP contribution in [-0.4, -0.2) is 18.8 Å². The average Bonchev–Trinajstić information content (AvgIpc) is 3.30. The van der Waals surface area contributed by atoms with Crippen LogP contribution in [0.2, 0.25) is 5.02 Å². The van der Waals surface area contributed by atoms with E-state index in [-0.39, 0.29) is 5.82 Å². The van der Waals surface area contributed by atoms with Gasteiger partial charge in [0.05, 0.1) is 0 Å². The molecule has 0 spiro atoms. The maximum absolute atomic E-state index is 12.8. The molecule has 0 amide bonds. The van der Waals surface area contributed by atoms with E-state index in [2.05, 4.69) is 9.97 Å². The van der Waals surface area contributed by atoms with Gasteiger partial charge in [-0.3, -0.25) is 0 Å². The SMILES string of the molecule is Clc1ccn2ccnc2c1.Fc1ccc(-c2ccn3ccnc3c2)cc1. The van der Waals surface area contributed by atoms with E-state index in [1.54, 1.807) is 24.5 Å². The predicted octanol–water partition coefficient (Wildman–Crippen LogP) is 5.13. The van der Waals surface area contributed by atoms with Crippen molar-refractivity contribution in [2.45, 2.75) is 0 Å². The number of halogens is 2. The second-order valence-corrected chi connectivity index (χ2v) is 6.09. The van der Waals surface area contributed by atoms with Crippen LogP contribution < -0.4 is 0 Å². The van der Waals surface area contributed by atoms with Gasteiger partial charge in [-0.2, -0.15) is 0 Å². The summed E-state index contributed by atoms with van der Waals surface area (Å²) in [5, 5.41) is 0.721. The third-order valence-corrected chi connectivity index (χ3v) is 4.17. The molecule has 0 aliphatic heterocycles. The second kappa shape index (κ2) is 6.98. The fourth-order valence-corrected chi connectivity index (χ4v) is 2.77. The van der Waals surface area contributed by atoms with E-state index in [0.717, 1.165) is 27.4 Å². The third-order valence-electron chi connectivity index (χ3n) is 3.94.